The monoisotopic (exact) mass is 526 g/mol. The molecule has 0 radical (unpaired) electrons. The maximum atomic E-state index is 12.1. The molecule has 1 amide bonds. The molecule has 0 bridgehead atoms. The summed E-state index contributed by atoms with van der Waals surface area (Å²) in [4.78, 5) is 20.8. The molecule has 0 aromatic heterocycles. The van der Waals surface area contributed by atoms with Crippen molar-refractivity contribution in [2.45, 2.75) is 59.5 Å². The molecule has 1 aliphatic rings. The third-order valence-electron chi connectivity index (χ3n) is 4.75. The number of rotatable bonds is 8. The molecule has 1 saturated heterocycles. The van der Waals surface area contributed by atoms with Crippen molar-refractivity contribution in [2.75, 3.05) is 53.5 Å². The van der Waals surface area contributed by atoms with E-state index in [9.17, 15) is 4.79 Å². The molecule has 1 fully saturated rings. The van der Waals surface area contributed by atoms with Crippen LogP contribution < -0.4 is 5.32 Å². The Morgan fingerprint density at radius 1 is 1.24 bits per heavy atom. The fraction of sp³-hybridized carbons (Fsp3) is 0.905. The number of hydrogen-bond acceptors (Lipinski definition) is 4. The van der Waals surface area contributed by atoms with Gasteiger partial charge in [0.15, 0.2) is 5.96 Å². The first-order valence-corrected chi connectivity index (χ1v) is 10.6. The summed E-state index contributed by atoms with van der Waals surface area (Å²) in [5, 5.41) is 3.38. The van der Waals surface area contributed by atoms with Gasteiger partial charge in [-0.2, -0.15) is 0 Å². The van der Waals surface area contributed by atoms with E-state index in [1.807, 2.05) is 20.8 Å². The fourth-order valence-electron chi connectivity index (χ4n) is 3.17. The van der Waals surface area contributed by atoms with Gasteiger partial charge in [0, 0.05) is 53.5 Å². The third-order valence-corrected chi connectivity index (χ3v) is 4.75. The van der Waals surface area contributed by atoms with E-state index in [1.54, 1.807) is 11.9 Å². The molecule has 0 aromatic rings. The standard InChI is InChI=1S/C21H42N4O3.HI/c1-8-22-19(24(6)12-9-18-10-13-27-14-11-18)23-15-17(2)16-25(7)20(26)28-21(3,4)5;/h17-18H,8-16H2,1-7H3,(H,22,23);1H. The highest BCUT2D eigenvalue weighted by molar-refractivity contribution is 14.0. The molecular formula is C21H43IN4O3. The van der Waals surface area contributed by atoms with Gasteiger partial charge in [0.1, 0.15) is 5.60 Å². The normalized spacial score (nSPS) is 16.6. The van der Waals surface area contributed by atoms with Gasteiger partial charge in [0.2, 0.25) is 0 Å². The summed E-state index contributed by atoms with van der Waals surface area (Å²) in [6, 6.07) is 0. The number of hydrogen-bond donors (Lipinski definition) is 1. The minimum atomic E-state index is -0.474. The van der Waals surface area contributed by atoms with Crippen molar-refractivity contribution in [1.29, 1.82) is 0 Å². The molecule has 0 saturated carbocycles. The highest BCUT2D eigenvalue weighted by Crippen LogP contribution is 2.18. The Kier molecular flexibility index (Phi) is 13.9. The molecule has 0 aliphatic carbocycles. The zero-order valence-corrected chi connectivity index (χ0v) is 21.8. The number of halogens is 1. The lowest BCUT2D eigenvalue weighted by atomic mass is 9.96. The predicted octanol–water partition coefficient (Wildman–Crippen LogP) is 3.82. The van der Waals surface area contributed by atoms with E-state index in [4.69, 9.17) is 14.5 Å². The van der Waals surface area contributed by atoms with Crippen molar-refractivity contribution in [2.24, 2.45) is 16.8 Å². The number of carbonyl (C=O) groups is 1. The maximum Gasteiger partial charge on any atom is 0.410 e. The smallest absolute Gasteiger partial charge is 0.410 e. The van der Waals surface area contributed by atoms with Crippen molar-refractivity contribution >= 4 is 36.0 Å². The lowest BCUT2D eigenvalue weighted by Crippen LogP contribution is -2.41. The van der Waals surface area contributed by atoms with E-state index in [-0.39, 0.29) is 36.0 Å². The predicted molar refractivity (Wildman–Crippen MR) is 130 cm³/mol. The molecule has 1 rings (SSSR count). The number of guanidine groups is 1. The van der Waals surface area contributed by atoms with Crippen molar-refractivity contribution < 1.29 is 14.3 Å². The van der Waals surface area contributed by atoms with Gasteiger partial charge in [-0.1, -0.05) is 6.92 Å². The Morgan fingerprint density at radius 2 is 1.86 bits per heavy atom. The summed E-state index contributed by atoms with van der Waals surface area (Å²) in [5.74, 6) is 1.93. The first kappa shape index (κ1) is 28.2. The largest absolute Gasteiger partial charge is 0.444 e. The Labute approximate surface area is 195 Å². The molecule has 1 aliphatic heterocycles. The highest BCUT2D eigenvalue weighted by Gasteiger charge is 2.21. The van der Waals surface area contributed by atoms with Crippen molar-refractivity contribution in [3.63, 3.8) is 0 Å². The van der Waals surface area contributed by atoms with Crippen molar-refractivity contribution in [3.05, 3.63) is 0 Å². The number of amides is 1. The first-order chi connectivity index (χ1) is 13.1. The van der Waals surface area contributed by atoms with Crippen molar-refractivity contribution in [3.8, 4) is 0 Å². The quantitative estimate of drug-likeness (QED) is 0.296. The zero-order chi connectivity index (χ0) is 21.2. The zero-order valence-electron chi connectivity index (χ0n) is 19.5. The Bertz CT molecular complexity index is 491. The molecule has 172 valence electrons. The molecule has 0 spiro atoms. The number of aliphatic imine (C=N–C) groups is 1. The van der Waals surface area contributed by atoms with Crippen LogP contribution in [-0.2, 0) is 9.47 Å². The van der Waals surface area contributed by atoms with Crippen LogP contribution in [0.5, 0.6) is 0 Å². The summed E-state index contributed by atoms with van der Waals surface area (Å²) in [6.45, 7) is 14.7. The van der Waals surface area contributed by atoms with Gasteiger partial charge in [-0.05, 0) is 58.8 Å². The lowest BCUT2D eigenvalue weighted by molar-refractivity contribution is 0.0279. The highest BCUT2D eigenvalue weighted by atomic mass is 127. The van der Waals surface area contributed by atoms with Crippen LogP contribution in [0.3, 0.4) is 0 Å². The second-order valence-electron chi connectivity index (χ2n) is 8.93. The van der Waals surface area contributed by atoms with Crippen LogP contribution in [0.15, 0.2) is 4.99 Å². The minimum Gasteiger partial charge on any atom is -0.444 e. The molecular weight excluding hydrogens is 483 g/mol. The lowest BCUT2D eigenvalue weighted by Gasteiger charge is -2.28. The molecule has 1 heterocycles. The molecule has 1 unspecified atom stereocenters. The molecule has 0 aromatic carbocycles. The molecule has 1 atom stereocenters. The molecule has 8 heteroatoms. The third kappa shape index (κ3) is 12.5. The van der Waals surface area contributed by atoms with Crippen LogP contribution in [0, 0.1) is 11.8 Å². The summed E-state index contributed by atoms with van der Waals surface area (Å²) in [7, 11) is 3.87. The van der Waals surface area contributed by atoms with Crippen LogP contribution >= 0.6 is 24.0 Å². The average Bonchev–Trinajstić information content (AvgIpc) is 2.62. The van der Waals surface area contributed by atoms with Gasteiger partial charge in [-0.25, -0.2) is 4.79 Å². The van der Waals surface area contributed by atoms with Crippen LogP contribution in [0.1, 0.15) is 53.9 Å². The summed E-state index contributed by atoms with van der Waals surface area (Å²) >= 11 is 0. The summed E-state index contributed by atoms with van der Waals surface area (Å²) < 4.78 is 10.9. The number of ether oxygens (including phenoxy) is 2. The number of nitrogens with zero attached hydrogens (tertiary/aromatic N) is 3. The van der Waals surface area contributed by atoms with E-state index in [0.717, 1.165) is 51.0 Å². The van der Waals surface area contributed by atoms with E-state index in [0.29, 0.717) is 13.1 Å². The Balaban J connectivity index is 0.00000784. The van der Waals surface area contributed by atoms with Crippen LogP contribution in [0.4, 0.5) is 4.79 Å². The van der Waals surface area contributed by atoms with Crippen LogP contribution in [-0.4, -0.2) is 80.9 Å². The summed E-state index contributed by atoms with van der Waals surface area (Å²) in [5.41, 5.74) is -0.474. The minimum absolute atomic E-state index is 0. The van der Waals surface area contributed by atoms with E-state index in [1.165, 1.54) is 6.42 Å². The van der Waals surface area contributed by atoms with Crippen molar-refractivity contribution in [1.82, 2.24) is 15.1 Å². The maximum absolute atomic E-state index is 12.1. The van der Waals surface area contributed by atoms with Crippen LogP contribution in [0.25, 0.3) is 0 Å². The SMILES string of the molecule is CCNC(=NCC(C)CN(C)C(=O)OC(C)(C)C)N(C)CCC1CCOCC1.I. The Morgan fingerprint density at radius 3 is 2.41 bits per heavy atom. The van der Waals surface area contributed by atoms with Gasteiger partial charge in [-0.3, -0.25) is 4.99 Å². The molecule has 29 heavy (non-hydrogen) atoms. The van der Waals surface area contributed by atoms with E-state index < -0.39 is 5.60 Å². The van der Waals surface area contributed by atoms with Gasteiger partial charge < -0.3 is 24.6 Å². The average molecular weight is 527 g/mol. The first-order valence-electron chi connectivity index (χ1n) is 10.6. The van der Waals surface area contributed by atoms with Gasteiger partial charge in [0.05, 0.1) is 0 Å². The van der Waals surface area contributed by atoms with E-state index in [2.05, 4.69) is 31.1 Å². The van der Waals surface area contributed by atoms with Gasteiger partial charge in [-0.15, -0.1) is 24.0 Å². The topological polar surface area (TPSA) is 66.4 Å². The second-order valence-corrected chi connectivity index (χ2v) is 8.93. The molecule has 7 nitrogen and oxygen atoms in total. The fourth-order valence-corrected chi connectivity index (χ4v) is 3.17. The molecule has 1 N–H and O–H groups in total. The summed E-state index contributed by atoms with van der Waals surface area (Å²) in [6.07, 6.45) is 3.20. The van der Waals surface area contributed by atoms with Gasteiger partial charge in [0.25, 0.3) is 0 Å². The number of carbonyl (C=O) groups excluding carboxylic acids is 1. The number of nitrogens with one attached hydrogen (secondary N) is 1. The van der Waals surface area contributed by atoms with Gasteiger partial charge >= 0.3 is 6.09 Å². The van der Waals surface area contributed by atoms with E-state index >= 15 is 0 Å². The van der Waals surface area contributed by atoms with Crippen LogP contribution in [0.2, 0.25) is 0 Å². The second kappa shape index (κ2) is 14.3. The Hall–Kier alpha value is -0.770.